The first-order valence-corrected chi connectivity index (χ1v) is 8.36. The Morgan fingerprint density at radius 2 is 1.95 bits per heavy atom. The lowest BCUT2D eigenvalue weighted by atomic mass is 10.0. The van der Waals surface area contributed by atoms with Gasteiger partial charge in [0.25, 0.3) is 0 Å². The minimum Gasteiger partial charge on any atom is -0.378 e. The third kappa shape index (κ3) is 4.45. The zero-order valence-electron chi connectivity index (χ0n) is 14.1. The highest BCUT2D eigenvalue weighted by molar-refractivity contribution is 5.46. The van der Waals surface area contributed by atoms with Gasteiger partial charge in [0.1, 0.15) is 0 Å². The number of benzene rings is 1. The van der Waals surface area contributed by atoms with Gasteiger partial charge in [0.05, 0.1) is 0 Å². The summed E-state index contributed by atoms with van der Waals surface area (Å²) in [6, 6.07) is 10.2. The molecule has 3 heteroatoms. The lowest BCUT2D eigenvalue weighted by Gasteiger charge is -2.31. The van der Waals surface area contributed by atoms with E-state index in [1.54, 1.807) is 0 Å². The van der Waals surface area contributed by atoms with Gasteiger partial charge >= 0.3 is 0 Å². The molecule has 1 heterocycles. The number of rotatable bonds is 7. The van der Waals surface area contributed by atoms with Crippen molar-refractivity contribution in [3.05, 3.63) is 29.8 Å². The Bertz CT molecular complexity index is 407. The lowest BCUT2D eigenvalue weighted by Crippen LogP contribution is -2.39. The van der Waals surface area contributed by atoms with Crippen molar-refractivity contribution < 1.29 is 0 Å². The van der Waals surface area contributed by atoms with Gasteiger partial charge in [-0.2, -0.15) is 0 Å². The van der Waals surface area contributed by atoms with Crippen molar-refractivity contribution in [3.63, 3.8) is 0 Å². The maximum Gasteiger partial charge on any atom is 0.0361 e. The molecular formula is C18H31N3. The first-order chi connectivity index (χ1) is 10.1. The van der Waals surface area contributed by atoms with Crippen molar-refractivity contribution >= 4 is 5.69 Å². The molecule has 0 bridgehead atoms. The van der Waals surface area contributed by atoms with E-state index in [2.05, 4.69) is 67.3 Å². The molecule has 1 aliphatic heterocycles. The summed E-state index contributed by atoms with van der Waals surface area (Å²) >= 11 is 0. The van der Waals surface area contributed by atoms with Gasteiger partial charge in [-0.05, 0) is 57.0 Å². The van der Waals surface area contributed by atoms with Gasteiger partial charge in [0.15, 0.2) is 0 Å². The van der Waals surface area contributed by atoms with Gasteiger partial charge in [-0.25, -0.2) is 0 Å². The Balaban J connectivity index is 2.03. The minimum atomic E-state index is 0.489. The van der Waals surface area contributed by atoms with Gasteiger partial charge < -0.3 is 10.2 Å². The molecule has 0 aromatic heterocycles. The van der Waals surface area contributed by atoms with Crippen LogP contribution in [0.1, 0.15) is 44.7 Å². The standard InChI is InChI=1S/C18H31N3/c1-5-13-21(14-17-7-6-12-19-17)15(2)16-8-10-18(11-9-16)20(3)4/h8-11,15,17,19H,5-7,12-14H2,1-4H3. The number of hydrogen-bond acceptors (Lipinski definition) is 3. The molecule has 1 N–H and O–H groups in total. The van der Waals surface area contributed by atoms with Crippen LogP contribution in [0.4, 0.5) is 5.69 Å². The van der Waals surface area contributed by atoms with Crippen LogP contribution in [-0.2, 0) is 0 Å². The van der Waals surface area contributed by atoms with Crippen molar-refractivity contribution in [2.45, 2.75) is 45.2 Å². The fraction of sp³-hybridized carbons (Fsp3) is 0.667. The predicted octanol–water partition coefficient (Wildman–Crippen LogP) is 3.28. The molecular weight excluding hydrogens is 258 g/mol. The second kappa shape index (κ2) is 7.81. The van der Waals surface area contributed by atoms with Crippen molar-refractivity contribution in [2.24, 2.45) is 0 Å². The second-order valence-corrected chi connectivity index (χ2v) is 6.45. The highest BCUT2D eigenvalue weighted by Crippen LogP contribution is 2.24. The zero-order chi connectivity index (χ0) is 15.2. The zero-order valence-corrected chi connectivity index (χ0v) is 14.1. The molecule has 0 radical (unpaired) electrons. The van der Waals surface area contributed by atoms with E-state index in [0.717, 1.165) is 0 Å². The van der Waals surface area contributed by atoms with E-state index in [-0.39, 0.29) is 0 Å². The summed E-state index contributed by atoms with van der Waals surface area (Å²) in [5.74, 6) is 0. The average molecular weight is 289 g/mol. The molecule has 118 valence electrons. The average Bonchev–Trinajstić information content (AvgIpc) is 2.99. The van der Waals surface area contributed by atoms with Crippen LogP contribution in [0.15, 0.2) is 24.3 Å². The topological polar surface area (TPSA) is 18.5 Å². The highest BCUT2D eigenvalue weighted by Gasteiger charge is 2.21. The first-order valence-electron chi connectivity index (χ1n) is 8.36. The van der Waals surface area contributed by atoms with Crippen molar-refractivity contribution in [3.8, 4) is 0 Å². The van der Waals surface area contributed by atoms with E-state index < -0.39 is 0 Å². The molecule has 3 nitrogen and oxygen atoms in total. The summed E-state index contributed by atoms with van der Waals surface area (Å²) in [5.41, 5.74) is 2.69. The van der Waals surface area contributed by atoms with Crippen LogP contribution in [-0.4, -0.2) is 44.7 Å². The van der Waals surface area contributed by atoms with Gasteiger partial charge in [0.2, 0.25) is 0 Å². The molecule has 1 aromatic carbocycles. The molecule has 2 rings (SSSR count). The fourth-order valence-electron chi connectivity index (χ4n) is 3.19. The molecule has 1 aromatic rings. The normalized spacial score (nSPS) is 20.0. The van der Waals surface area contributed by atoms with Crippen LogP contribution >= 0.6 is 0 Å². The first kappa shape index (κ1) is 16.3. The van der Waals surface area contributed by atoms with E-state index >= 15 is 0 Å². The Morgan fingerprint density at radius 1 is 1.24 bits per heavy atom. The Hall–Kier alpha value is -1.06. The minimum absolute atomic E-state index is 0.489. The van der Waals surface area contributed by atoms with Crippen LogP contribution in [0.5, 0.6) is 0 Å². The molecule has 2 atom stereocenters. The summed E-state index contributed by atoms with van der Waals surface area (Å²) in [7, 11) is 4.18. The Kier molecular flexibility index (Phi) is 6.07. The predicted molar refractivity (Wildman–Crippen MR) is 92.1 cm³/mol. The molecule has 1 fully saturated rings. The number of nitrogens with zero attached hydrogens (tertiary/aromatic N) is 2. The number of hydrogen-bond donors (Lipinski definition) is 1. The maximum absolute atomic E-state index is 3.63. The molecule has 1 saturated heterocycles. The monoisotopic (exact) mass is 289 g/mol. The van der Waals surface area contributed by atoms with Crippen LogP contribution < -0.4 is 10.2 Å². The summed E-state index contributed by atoms with van der Waals surface area (Å²) in [4.78, 5) is 4.79. The van der Waals surface area contributed by atoms with Gasteiger partial charge in [-0.15, -0.1) is 0 Å². The summed E-state index contributed by atoms with van der Waals surface area (Å²) in [5, 5.41) is 3.63. The van der Waals surface area contributed by atoms with Crippen LogP contribution in [0.2, 0.25) is 0 Å². The Labute approximate surface area is 130 Å². The van der Waals surface area contributed by atoms with Gasteiger partial charge in [0, 0.05) is 38.4 Å². The van der Waals surface area contributed by atoms with Crippen molar-refractivity contribution in [1.29, 1.82) is 0 Å². The summed E-state index contributed by atoms with van der Waals surface area (Å²) in [6.07, 6.45) is 3.87. The van der Waals surface area contributed by atoms with Crippen molar-refractivity contribution in [2.75, 3.05) is 38.6 Å². The van der Waals surface area contributed by atoms with Crippen LogP contribution in [0.3, 0.4) is 0 Å². The van der Waals surface area contributed by atoms with E-state index in [0.29, 0.717) is 12.1 Å². The molecule has 21 heavy (non-hydrogen) atoms. The fourth-order valence-corrected chi connectivity index (χ4v) is 3.19. The molecule has 0 spiro atoms. The van der Waals surface area contributed by atoms with E-state index in [1.807, 2.05) is 0 Å². The molecule has 0 saturated carbocycles. The molecule has 0 amide bonds. The molecule has 2 unspecified atom stereocenters. The van der Waals surface area contributed by atoms with Crippen LogP contribution in [0, 0.1) is 0 Å². The third-order valence-corrected chi connectivity index (χ3v) is 4.57. The smallest absolute Gasteiger partial charge is 0.0361 e. The second-order valence-electron chi connectivity index (χ2n) is 6.45. The number of nitrogens with one attached hydrogen (secondary N) is 1. The van der Waals surface area contributed by atoms with Gasteiger partial charge in [-0.1, -0.05) is 19.1 Å². The maximum atomic E-state index is 3.63. The lowest BCUT2D eigenvalue weighted by molar-refractivity contribution is 0.192. The summed E-state index contributed by atoms with van der Waals surface area (Å²) < 4.78 is 0. The SMILES string of the molecule is CCCN(CC1CCCN1)C(C)c1ccc(N(C)C)cc1. The Morgan fingerprint density at radius 3 is 2.48 bits per heavy atom. The molecule has 1 aliphatic rings. The van der Waals surface area contributed by atoms with Crippen LogP contribution in [0.25, 0.3) is 0 Å². The quantitative estimate of drug-likeness (QED) is 0.831. The summed E-state index contributed by atoms with van der Waals surface area (Å²) in [6.45, 7) is 8.15. The van der Waals surface area contributed by atoms with Gasteiger partial charge in [-0.3, -0.25) is 4.90 Å². The largest absolute Gasteiger partial charge is 0.378 e. The van der Waals surface area contributed by atoms with Crippen molar-refractivity contribution in [1.82, 2.24) is 10.2 Å². The third-order valence-electron chi connectivity index (χ3n) is 4.57. The van der Waals surface area contributed by atoms with E-state index in [9.17, 15) is 0 Å². The highest BCUT2D eigenvalue weighted by atomic mass is 15.2. The molecule has 0 aliphatic carbocycles. The number of anilines is 1. The van der Waals surface area contributed by atoms with E-state index in [4.69, 9.17) is 0 Å². The van der Waals surface area contributed by atoms with E-state index in [1.165, 1.54) is 50.1 Å².